The zero-order valence-electron chi connectivity index (χ0n) is 12.4. The van der Waals surface area contributed by atoms with Gasteiger partial charge in [-0.1, -0.05) is 31.2 Å². The van der Waals surface area contributed by atoms with E-state index in [9.17, 15) is 9.59 Å². The topological polar surface area (TPSA) is 72.0 Å². The van der Waals surface area contributed by atoms with Crippen molar-refractivity contribution >= 4 is 40.0 Å². The number of carbonyl (C=O) groups is 2. The number of carbonyl (C=O) groups excluding carboxylic acids is 2. The summed E-state index contributed by atoms with van der Waals surface area (Å²) < 4.78 is 8.58. The third-order valence-corrected chi connectivity index (χ3v) is 4.52. The van der Waals surface area contributed by atoms with Crippen LogP contribution in [0.25, 0.3) is 11.0 Å². The minimum absolute atomic E-state index is 0.135. The Morgan fingerprint density at radius 2 is 1.70 bits per heavy atom. The van der Waals surface area contributed by atoms with Crippen molar-refractivity contribution in [3.8, 4) is 0 Å². The Bertz CT molecular complexity index is 962. The van der Waals surface area contributed by atoms with Crippen LogP contribution in [0.5, 0.6) is 0 Å². The van der Waals surface area contributed by atoms with Gasteiger partial charge in [-0.15, -0.1) is 0 Å². The van der Waals surface area contributed by atoms with Crippen LogP contribution < -0.4 is 5.32 Å². The molecule has 3 aromatic rings. The predicted octanol–water partition coefficient (Wildman–Crippen LogP) is 3.29. The number of anilines is 1. The first kappa shape index (κ1) is 14.0. The first-order chi connectivity index (χ1) is 11.2. The van der Waals surface area contributed by atoms with Gasteiger partial charge in [-0.05, 0) is 12.5 Å². The van der Waals surface area contributed by atoms with Crippen LogP contribution in [0.15, 0.2) is 30.3 Å². The lowest BCUT2D eigenvalue weighted by molar-refractivity contribution is 0.0980. The zero-order valence-corrected chi connectivity index (χ0v) is 13.2. The number of aromatic nitrogens is 2. The maximum absolute atomic E-state index is 12.9. The van der Waals surface area contributed by atoms with Gasteiger partial charge in [0.2, 0.25) is 0 Å². The van der Waals surface area contributed by atoms with Gasteiger partial charge in [-0.3, -0.25) is 9.59 Å². The van der Waals surface area contributed by atoms with Gasteiger partial charge in [-0.2, -0.15) is 8.75 Å². The van der Waals surface area contributed by atoms with E-state index < -0.39 is 0 Å². The Morgan fingerprint density at radius 3 is 2.43 bits per heavy atom. The highest BCUT2D eigenvalue weighted by Crippen LogP contribution is 2.35. The lowest BCUT2D eigenvalue weighted by Crippen LogP contribution is -2.21. The average molecular weight is 323 g/mol. The molecule has 5 nitrogen and oxygen atoms in total. The molecule has 0 unspecified atom stereocenters. The Kier molecular flexibility index (Phi) is 3.20. The monoisotopic (exact) mass is 323 g/mol. The first-order valence-electron chi connectivity index (χ1n) is 7.44. The number of hydrogen-bond donors (Lipinski definition) is 1. The SMILES string of the molecule is CCCNc1cc2c(c3nsnc13)C(=O)c1ccccc1C2=O. The summed E-state index contributed by atoms with van der Waals surface area (Å²) in [5.74, 6) is -0.292. The highest BCUT2D eigenvalue weighted by Gasteiger charge is 2.33. The van der Waals surface area contributed by atoms with Crippen molar-refractivity contribution in [1.82, 2.24) is 8.75 Å². The van der Waals surface area contributed by atoms with E-state index in [0.717, 1.165) is 30.4 Å². The van der Waals surface area contributed by atoms with Gasteiger partial charge in [0.05, 0.1) is 23.0 Å². The minimum atomic E-state index is -0.157. The van der Waals surface area contributed by atoms with Gasteiger partial charge in [0.15, 0.2) is 11.6 Å². The largest absolute Gasteiger partial charge is 0.383 e. The second kappa shape index (κ2) is 5.24. The van der Waals surface area contributed by atoms with Crippen LogP contribution in [0.4, 0.5) is 5.69 Å². The number of ketones is 2. The molecule has 0 amide bonds. The molecule has 0 atom stereocenters. The molecule has 6 heteroatoms. The Hall–Kier alpha value is -2.60. The number of nitrogens with zero attached hydrogens (tertiary/aromatic N) is 2. The lowest BCUT2D eigenvalue weighted by atomic mass is 9.83. The Labute approximate surface area is 136 Å². The first-order valence-corrected chi connectivity index (χ1v) is 8.17. The normalized spacial score (nSPS) is 13.1. The van der Waals surface area contributed by atoms with E-state index in [2.05, 4.69) is 21.0 Å². The second-order valence-corrected chi connectivity index (χ2v) is 5.97. The van der Waals surface area contributed by atoms with Gasteiger partial charge >= 0.3 is 0 Å². The van der Waals surface area contributed by atoms with Gasteiger partial charge in [0.25, 0.3) is 0 Å². The van der Waals surface area contributed by atoms with Crippen LogP contribution in [0, 0.1) is 0 Å². The van der Waals surface area contributed by atoms with E-state index in [1.165, 1.54) is 0 Å². The van der Waals surface area contributed by atoms with Crippen molar-refractivity contribution in [1.29, 1.82) is 0 Å². The summed E-state index contributed by atoms with van der Waals surface area (Å²) in [7, 11) is 0. The molecular formula is C17H13N3O2S. The summed E-state index contributed by atoms with van der Waals surface area (Å²) in [5, 5.41) is 3.27. The van der Waals surface area contributed by atoms with Crippen LogP contribution in [0.2, 0.25) is 0 Å². The molecule has 0 aliphatic heterocycles. The maximum Gasteiger partial charge on any atom is 0.196 e. The van der Waals surface area contributed by atoms with Gasteiger partial charge in [0, 0.05) is 23.2 Å². The highest BCUT2D eigenvalue weighted by atomic mass is 32.1. The quantitative estimate of drug-likeness (QED) is 0.626. The number of fused-ring (bicyclic) bond motifs is 4. The zero-order chi connectivity index (χ0) is 16.0. The molecule has 0 saturated carbocycles. The molecule has 1 aromatic heterocycles. The summed E-state index contributed by atoms with van der Waals surface area (Å²) in [6.45, 7) is 2.83. The Balaban J connectivity index is 2.01. The van der Waals surface area contributed by atoms with Crippen molar-refractivity contribution in [3.63, 3.8) is 0 Å². The van der Waals surface area contributed by atoms with Gasteiger partial charge < -0.3 is 5.32 Å². The molecule has 0 fully saturated rings. The summed E-state index contributed by atoms with van der Waals surface area (Å²) >= 11 is 1.05. The molecule has 114 valence electrons. The van der Waals surface area contributed by atoms with E-state index in [0.29, 0.717) is 33.3 Å². The number of nitrogens with one attached hydrogen (secondary N) is 1. The van der Waals surface area contributed by atoms with Gasteiger partial charge in [-0.25, -0.2) is 0 Å². The van der Waals surface area contributed by atoms with Crippen molar-refractivity contribution in [2.75, 3.05) is 11.9 Å². The molecule has 1 aliphatic carbocycles. The van der Waals surface area contributed by atoms with E-state index in [1.54, 1.807) is 30.3 Å². The molecule has 0 radical (unpaired) electrons. The van der Waals surface area contributed by atoms with Gasteiger partial charge in [0.1, 0.15) is 11.0 Å². The highest BCUT2D eigenvalue weighted by molar-refractivity contribution is 7.00. The fraction of sp³-hybridized carbons (Fsp3) is 0.176. The molecule has 0 saturated heterocycles. The molecule has 0 spiro atoms. The van der Waals surface area contributed by atoms with Crippen molar-refractivity contribution in [3.05, 3.63) is 52.6 Å². The van der Waals surface area contributed by atoms with E-state index in [4.69, 9.17) is 0 Å². The maximum atomic E-state index is 12.9. The number of benzene rings is 2. The van der Waals surface area contributed by atoms with E-state index >= 15 is 0 Å². The fourth-order valence-electron chi connectivity index (χ4n) is 2.90. The van der Waals surface area contributed by atoms with E-state index in [-0.39, 0.29) is 11.6 Å². The lowest BCUT2D eigenvalue weighted by Gasteiger charge is -2.19. The van der Waals surface area contributed by atoms with Crippen LogP contribution in [0.1, 0.15) is 45.2 Å². The van der Waals surface area contributed by atoms with Crippen LogP contribution >= 0.6 is 11.7 Å². The van der Waals surface area contributed by atoms with Crippen molar-refractivity contribution in [2.45, 2.75) is 13.3 Å². The standard InChI is InChI=1S/C17H13N3O2S/c1-2-7-18-12-8-11-13(15-14(12)19-23-20-15)17(22)10-6-4-3-5-9(10)16(11)21/h3-6,8,18H,2,7H2,1H3. The fourth-order valence-corrected chi connectivity index (χ4v) is 3.47. The minimum Gasteiger partial charge on any atom is -0.383 e. The number of hydrogen-bond acceptors (Lipinski definition) is 6. The molecule has 0 bridgehead atoms. The molecule has 2 aromatic carbocycles. The van der Waals surface area contributed by atoms with E-state index in [1.807, 2.05) is 0 Å². The molecule has 1 heterocycles. The molecular weight excluding hydrogens is 310 g/mol. The molecule has 1 N–H and O–H groups in total. The van der Waals surface area contributed by atoms with Crippen LogP contribution in [-0.4, -0.2) is 26.9 Å². The molecule has 4 rings (SSSR count). The third kappa shape index (κ3) is 1.98. The Morgan fingerprint density at radius 1 is 1.00 bits per heavy atom. The summed E-state index contributed by atoms with van der Waals surface area (Å²) in [6.07, 6.45) is 0.950. The van der Waals surface area contributed by atoms with Crippen LogP contribution in [-0.2, 0) is 0 Å². The van der Waals surface area contributed by atoms with Crippen molar-refractivity contribution in [2.24, 2.45) is 0 Å². The third-order valence-electron chi connectivity index (χ3n) is 3.99. The predicted molar refractivity (Wildman–Crippen MR) is 89.5 cm³/mol. The average Bonchev–Trinajstić information content (AvgIpc) is 3.07. The second-order valence-electron chi connectivity index (χ2n) is 5.44. The summed E-state index contributed by atoms with van der Waals surface area (Å²) in [5.41, 5.74) is 3.60. The van der Waals surface area contributed by atoms with Crippen LogP contribution in [0.3, 0.4) is 0 Å². The molecule has 1 aliphatic rings. The molecule has 23 heavy (non-hydrogen) atoms. The van der Waals surface area contributed by atoms with Crippen molar-refractivity contribution < 1.29 is 9.59 Å². The number of rotatable bonds is 3. The summed E-state index contributed by atoms with van der Waals surface area (Å²) in [4.78, 5) is 25.7. The smallest absolute Gasteiger partial charge is 0.196 e. The summed E-state index contributed by atoms with van der Waals surface area (Å²) in [6, 6.07) is 8.66.